The molecule has 1 aliphatic rings. The Hall–Kier alpha value is -1.18. The molecule has 0 atom stereocenters. The van der Waals surface area contributed by atoms with Gasteiger partial charge in [0.2, 0.25) is 0 Å². The molecule has 82 valence electrons. The second-order valence-corrected chi connectivity index (χ2v) is 4.38. The topological polar surface area (TPSA) is 29.5 Å². The van der Waals surface area contributed by atoms with E-state index in [1.54, 1.807) is 12.1 Å². The molecule has 1 aromatic rings. The van der Waals surface area contributed by atoms with E-state index in [-0.39, 0.29) is 0 Å². The second-order valence-electron chi connectivity index (χ2n) is 4.38. The molecule has 15 heavy (non-hydrogen) atoms. The van der Waals surface area contributed by atoms with Gasteiger partial charge in [0.25, 0.3) is 0 Å². The fourth-order valence-corrected chi connectivity index (χ4v) is 2.17. The van der Waals surface area contributed by atoms with Crippen molar-refractivity contribution in [1.82, 2.24) is 0 Å². The van der Waals surface area contributed by atoms with Crippen LogP contribution in [0.3, 0.4) is 0 Å². The van der Waals surface area contributed by atoms with E-state index >= 15 is 0 Å². The van der Waals surface area contributed by atoms with Crippen molar-refractivity contribution in [2.45, 2.75) is 45.1 Å². The number of aryl methyl sites for hydroxylation is 1. The Kier molecular flexibility index (Phi) is 3.14. The molecule has 0 radical (unpaired) electrons. The van der Waals surface area contributed by atoms with Crippen LogP contribution in [0.4, 0.5) is 0 Å². The lowest BCUT2D eigenvalue weighted by Crippen LogP contribution is -2.19. The predicted octanol–water partition coefficient (Wildman–Crippen LogP) is 3.41. The van der Waals surface area contributed by atoms with Gasteiger partial charge >= 0.3 is 0 Å². The van der Waals surface area contributed by atoms with Gasteiger partial charge < -0.3 is 9.84 Å². The van der Waals surface area contributed by atoms with Crippen LogP contribution in [0.25, 0.3) is 0 Å². The molecule has 1 saturated carbocycles. The van der Waals surface area contributed by atoms with Gasteiger partial charge in [-0.2, -0.15) is 0 Å². The zero-order valence-corrected chi connectivity index (χ0v) is 9.20. The monoisotopic (exact) mass is 206 g/mol. The Balaban J connectivity index is 2.02. The van der Waals surface area contributed by atoms with E-state index in [0.29, 0.717) is 11.9 Å². The molecule has 1 aromatic carbocycles. The molecule has 2 heteroatoms. The lowest BCUT2D eigenvalue weighted by molar-refractivity contribution is 0.154. The normalized spacial score (nSPS) is 17.7. The number of hydrogen-bond acceptors (Lipinski definition) is 2. The van der Waals surface area contributed by atoms with Crippen LogP contribution in [-0.4, -0.2) is 11.2 Å². The number of benzene rings is 1. The molecule has 2 rings (SSSR count). The summed E-state index contributed by atoms with van der Waals surface area (Å²) >= 11 is 0. The Bertz CT molecular complexity index is 307. The average molecular weight is 206 g/mol. The van der Waals surface area contributed by atoms with E-state index in [1.165, 1.54) is 19.3 Å². The van der Waals surface area contributed by atoms with Gasteiger partial charge in [0.1, 0.15) is 11.5 Å². The zero-order valence-electron chi connectivity index (χ0n) is 9.20. The number of aromatic hydroxyl groups is 1. The summed E-state index contributed by atoms with van der Waals surface area (Å²) in [6.45, 7) is 1.97. The molecule has 0 aromatic heterocycles. The van der Waals surface area contributed by atoms with Crippen molar-refractivity contribution in [3.05, 3.63) is 23.8 Å². The van der Waals surface area contributed by atoms with E-state index in [9.17, 15) is 5.11 Å². The van der Waals surface area contributed by atoms with Crippen LogP contribution in [0.2, 0.25) is 0 Å². The van der Waals surface area contributed by atoms with E-state index in [0.717, 1.165) is 24.2 Å². The van der Waals surface area contributed by atoms with Crippen molar-refractivity contribution < 1.29 is 9.84 Å². The third-order valence-corrected chi connectivity index (χ3v) is 2.89. The van der Waals surface area contributed by atoms with Crippen LogP contribution in [-0.2, 0) is 0 Å². The standard InChI is InChI=1S/C13H18O2/c1-10-7-11(14)9-13(8-10)15-12-5-3-2-4-6-12/h7-9,12,14H,2-6H2,1H3. The Labute approximate surface area is 90.9 Å². The third kappa shape index (κ3) is 2.88. The zero-order chi connectivity index (χ0) is 10.7. The maximum Gasteiger partial charge on any atom is 0.123 e. The number of ether oxygens (including phenoxy) is 1. The SMILES string of the molecule is Cc1cc(O)cc(OC2CCCCC2)c1. The van der Waals surface area contributed by atoms with Crippen molar-refractivity contribution in [3.63, 3.8) is 0 Å². The fourth-order valence-electron chi connectivity index (χ4n) is 2.17. The number of hydrogen-bond donors (Lipinski definition) is 1. The molecular formula is C13H18O2. The summed E-state index contributed by atoms with van der Waals surface area (Å²) in [5.41, 5.74) is 1.04. The fraction of sp³-hybridized carbons (Fsp3) is 0.538. The van der Waals surface area contributed by atoms with E-state index in [1.807, 2.05) is 13.0 Å². The van der Waals surface area contributed by atoms with Gasteiger partial charge in [-0.25, -0.2) is 0 Å². The maximum atomic E-state index is 9.44. The van der Waals surface area contributed by atoms with Crippen LogP contribution in [0.5, 0.6) is 11.5 Å². The number of phenolic OH excluding ortho intramolecular Hbond substituents is 1. The molecule has 0 unspecified atom stereocenters. The van der Waals surface area contributed by atoms with Crippen LogP contribution < -0.4 is 4.74 Å². The average Bonchev–Trinajstić information content (AvgIpc) is 2.17. The first kappa shape index (κ1) is 10.3. The lowest BCUT2D eigenvalue weighted by atomic mass is 9.98. The van der Waals surface area contributed by atoms with E-state index in [2.05, 4.69) is 0 Å². The number of rotatable bonds is 2. The molecule has 0 bridgehead atoms. The molecule has 0 spiro atoms. The highest BCUT2D eigenvalue weighted by Gasteiger charge is 2.14. The molecular weight excluding hydrogens is 188 g/mol. The van der Waals surface area contributed by atoms with Crippen molar-refractivity contribution in [3.8, 4) is 11.5 Å². The van der Waals surface area contributed by atoms with Crippen LogP contribution in [0, 0.1) is 6.92 Å². The molecule has 0 saturated heterocycles. The molecule has 0 amide bonds. The summed E-state index contributed by atoms with van der Waals surface area (Å²) in [7, 11) is 0. The van der Waals surface area contributed by atoms with Gasteiger partial charge in [0.05, 0.1) is 6.10 Å². The summed E-state index contributed by atoms with van der Waals surface area (Å²) in [5, 5.41) is 9.44. The van der Waals surface area contributed by atoms with Crippen LogP contribution in [0.15, 0.2) is 18.2 Å². The molecule has 2 nitrogen and oxygen atoms in total. The van der Waals surface area contributed by atoms with Crippen molar-refractivity contribution in [1.29, 1.82) is 0 Å². The summed E-state index contributed by atoms with van der Waals surface area (Å²) in [6.07, 6.45) is 6.51. The van der Waals surface area contributed by atoms with Crippen molar-refractivity contribution in [2.24, 2.45) is 0 Å². The van der Waals surface area contributed by atoms with Gasteiger partial charge in [0, 0.05) is 6.07 Å². The molecule has 1 aliphatic carbocycles. The first-order chi connectivity index (χ1) is 7.24. The van der Waals surface area contributed by atoms with Crippen LogP contribution in [0.1, 0.15) is 37.7 Å². The molecule has 1 fully saturated rings. The van der Waals surface area contributed by atoms with Gasteiger partial charge in [-0.1, -0.05) is 6.42 Å². The van der Waals surface area contributed by atoms with Crippen molar-refractivity contribution >= 4 is 0 Å². The first-order valence-electron chi connectivity index (χ1n) is 5.71. The summed E-state index contributed by atoms with van der Waals surface area (Å²) < 4.78 is 5.86. The lowest BCUT2D eigenvalue weighted by Gasteiger charge is -2.23. The molecule has 0 heterocycles. The minimum absolute atomic E-state index is 0.292. The van der Waals surface area contributed by atoms with Gasteiger partial charge in [-0.15, -0.1) is 0 Å². The Morgan fingerprint density at radius 1 is 1.13 bits per heavy atom. The Morgan fingerprint density at radius 2 is 1.87 bits per heavy atom. The largest absolute Gasteiger partial charge is 0.508 e. The molecule has 0 aliphatic heterocycles. The minimum atomic E-state index is 0.292. The quantitative estimate of drug-likeness (QED) is 0.803. The smallest absolute Gasteiger partial charge is 0.123 e. The first-order valence-corrected chi connectivity index (χ1v) is 5.71. The highest BCUT2D eigenvalue weighted by Crippen LogP contribution is 2.26. The molecule has 1 N–H and O–H groups in total. The number of phenols is 1. The highest BCUT2D eigenvalue weighted by molar-refractivity contribution is 5.36. The van der Waals surface area contributed by atoms with E-state index < -0.39 is 0 Å². The van der Waals surface area contributed by atoms with Gasteiger partial charge in [-0.3, -0.25) is 0 Å². The highest BCUT2D eigenvalue weighted by atomic mass is 16.5. The van der Waals surface area contributed by atoms with E-state index in [4.69, 9.17) is 4.74 Å². The predicted molar refractivity (Wildman–Crippen MR) is 60.3 cm³/mol. The van der Waals surface area contributed by atoms with Crippen molar-refractivity contribution in [2.75, 3.05) is 0 Å². The summed E-state index contributed by atoms with van der Waals surface area (Å²) in [6, 6.07) is 5.42. The van der Waals surface area contributed by atoms with Crippen LogP contribution >= 0.6 is 0 Å². The van der Waals surface area contributed by atoms with Gasteiger partial charge in [-0.05, 0) is 50.3 Å². The Morgan fingerprint density at radius 3 is 2.53 bits per heavy atom. The van der Waals surface area contributed by atoms with Gasteiger partial charge in [0.15, 0.2) is 0 Å². The maximum absolute atomic E-state index is 9.44. The summed E-state index contributed by atoms with van der Waals surface area (Å²) in [5.74, 6) is 1.10. The minimum Gasteiger partial charge on any atom is -0.508 e. The second kappa shape index (κ2) is 4.56. The summed E-state index contributed by atoms with van der Waals surface area (Å²) in [4.78, 5) is 0. The third-order valence-electron chi connectivity index (χ3n) is 2.89.